The lowest BCUT2D eigenvalue weighted by molar-refractivity contribution is 0.0709. The van der Waals surface area contributed by atoms with Crippen LogP contribution in [0.5, 0.6) is 0 Å². The zero-order chi connectivity index (χ0) is 18.5. The molecule has 1 unspecified atom stereocenters. The van der Waals surface area contributed by atoms with Gasteiger partial charge >= 0.3 is 0 Å². The van der Waals surface area contributed by atoms with E-state index in [0.29, 0.717) is 6.54 Å². The number of piperidine rings is 1. The molecule has 1 fully saturated rings. The first-order valence-corrected chi connectivity index (χ1v) is 9.95. The largest absolute Gasteiger partial charge is 0.337 e. The van der Waals surface area contributed by atoms with Gasteiger partial charge in [-0.2, -0.15) is 5.10 Å². The standard InChI is InChI=1S/C19H20N6OS/c1-12-14-10-15(27-19(14)23(2)22-12)18(26)24-8-5-6-13(11-24)17-21-20-16-7-3-4-9-25(16)17/h3-4,7,9-10,13H,5-6,8,11H2,1-2H3. The molecule has 0 N–H and O–H groups in total. The van der Waals surface area contributed by atoms with Crippen molar-refractivity contribution in [3.63, 3.8) is 0 Å². The van der Waals surface area contributed by atoms with Gasteiger partial charge in [-0.05, 0) is 38.0 Å². The van der Waals surface area contributed by atoms with Gasteiger partial charge in [-0.3, -0.25) is 13.9 Å². The Morgan fingerprint density at radius 2 is 2.19 bits per heavy atom. The maximum absolute atomic E-state index is 13.1. The number of carbonyl (C=O) groups excluding carboxylic acids is 1. The van der Waals surface area contributed by atoms with Crippen LogP contribution in [0.15, 0.2) is 30.5 Å². The fourth-order valence-corrected chi connectivity index (χ4v) is 5.07. The number of amides is 1. The van der Waals surface area contributed by atoms with Gasteiger partial charge in [-0.25, -0.2) is 0 Å². The highest BCUT2D eigenvalue weighted by Gasteiger charge is 2.29. The lowest BCUT2D eigenvalue weighted by Crippen LogP contribution is -2.39. The third kappa shape index (κ3) is 2.63. The van der Waals surface area contributed by atoms with Crippen molar-refractivity contribution >= 4 is 33.1 Å². The molecule has 8 heteroatoms. The molecular formula is C19H20N6OS. The van der Waals surface area contributed by atoms with E-state index < -0.39 is 0 Å². The normalized spacial score (nSPS) is 17.9. The average Bonchev–Trinajstić information content (AvgIpc) is 3.37. The van der Waals surface area contributed by atoms with Crippen LogP contribution < -0.4 is 0 Å². The molecule has 7 nitrogen and oxygen atoms in total. The quantitative estimate of drug-likeness (QED) is 0.536. The van der Waals surface area contributed by atoms with Crippen LogP contribution in [-0.2, 0) is 7.05 Å². The maximum Gasteiger partial charge on any atom is 0.264 e. The van der Waals surface area contributed by atoms with Crippen molar-refractivity contribution in [2.24, 2.45) is 7.05 Å². The highest BCUT2D eigenvalue weighted by molar-refractivity contribution is 7.20. The Morgan fingerprint density at radius 3 is 3.04 bits per heavy atom. The van der Waals surface area contributed by atoms with E-state index in [2.05, 4.69) is 15.3 Å². The van der Waals surface area contributed by atoms with Crippen LogP contribution in [0.1, 0.15) is 39.9 Å². The fourth-order valence-electron chi connectivity index (χ4n) is 3.98. The van der Waals surface area contributed by atoms with E-state index in [1.807, 2.05) is 58.4 Å². The second-order valence-electron chi connectivity index (χ2n) is 7.12. The van der Waals surface area contributed by atoms with Gasteiger partial charge in [-0.1, -0.05) is 6.07 Å². The number of hydrogen-bond acceptors (Lipinski definition) is 5. The maximum atomic E-state index is 13.1. The zero-order valence-electron chi connectivity index (χ0n) is 15.3. The van der Waals surface area contributed by atoms with Gasteiger partial charge in [0.15, 0.2) is 5.65 Å². The number of pyridine rings is 1. The summed E-state index contributed by atoms with van der Waals surface area (Å²) in [6, 6.07) is 7.89. The van der Waals surface area contributed by atoms with Gasteiger partial charge in [0.2, 0.25) is 0 Å². The number of fused-ring (bicyclic) bond motifs is 2. The van der Waals surface area contributed by atoms with E-state index in [-0.39, 0.29) is 11.8 Å². The number of aromatic nitrogens is 5. The van der Waals surface area contributed by atoms with E-state index in [9.17, 15) is 4.79 Å². The Bertz CT molecular complexity index is 1120. The summed E-state index contributed by atoms with van der Waals surface area (Å²) in [5.41, 5.74) is 1.82. The lowest BCUT2D eigenvalue weighted by Gasteiger charge is -2.31. The van der Waals surface area contributed by atoms with Crippen LogP contribution in [0.2, 0.25) is 0 Å². The number of likely N-dealkylation sites (tertiary alicyclic amines) is 1. The molecule has 0 bridgehead atoms. The van der Waals surface area contributed by atoms with Gasteiger partial charge in [-0.15, -0.1) is 21.5 Å². The molecule has 0 aliphatic carbocycles. The van der Waals surface area contributed by atoms with Gasteiger partial charge in [0.1, 0.15) is 10.7 Å². The van der Waals surface area contributed by atoms with Crippen LogP contribution in [0.25, 0.3) is 15.9 Å². The van der Waals surface area contributed by atoms with Crippen LogP contribution in [0, 0.1) is 6.92 Å². The molecule has 0 spiro atoms. The topological polar surface area (TPSA) is 68.3 Å². The van der Waals surface area contributed by atoms with Gasteiger partial charge in [0, 0.05) is 37.6 Å². The van der Waals surface area contributed by atoms with Crippen LogP contribution in [0.4, 0.5) is 0 Å². The number of aryl methyl sites for hydroxylation is 2. The minimum Gasteiger partial charge on any atom is -0.337 e. The number of nitrogens with zero attached hydrogens (tertiary/aromatic N) is 6. The van der Waals surface area contributed by atoms with Gasteiger partial charge < -0.3 is 4.90 Å². The molecule has 4 aromatic heterocycles. The molecule has 1 saturated heterocycles. The number of carbonyl (C=O) groups is 1. The minimum absolute atomic E-state index is 0.106. The number of rotatable bonds is 2. The highest BCUT2D eigenvalue weighted by Crippen LogP contribution is 2.31. The molecule has 0 saturated carbocycles. The van der Waals surface area contributed by atoms with Crippen LogP contribution in [-0.4, -0.2) is 48.3 Å². The van der Waals surface area contributed by atoms with Crippen LogP contribution in [0.3, 0.4) is 0 Å². The van der Waals surface area contributed by atoms with E-state index >= 15 is 0 Å². The first-order chi connectivity index (χ1) is 13.1. The van der Waals surface area contributed by atoms with Crippen molar-refractivity contribution in [3.05, 3.63) is 46.9 Å². The first-order valence-electron chi connectivity index (χ1n) is 9.14. The van der Waals surface area contributed by atoms with Crippen molar-refractivity contribution in [3.8, 4) is 0 Å². The Morgan fingerprint density at radius 1 is 1.30 bits per heavy atom. The predicted molar refractivity (Wildman–Crippen MR) is 104 cm³/mol. The van der Waals surface area contributed by atoms with Crippen molar-refractivity contribution in [2.45, 2.75) is 25.7 Å². The number of thiophene rings is 1. The second kappa shape index (κ2) is 6.16. The molecule has 0 aromatic carbocycles. The molecule has 1 amide bonds. The van der Waals surface area contributed by atoms with E-state index in [4.69, 9.17) is 0 Å². The smallest absolute Gasteiger partial charge is 0.264 e. The Kier molecular flexibility index (Phi) is 3.75. The SMILES string of the molecule is Cc1nn(C)c2sc(C(=O)N3CCCC(c4nnc5ccccn45)C3)cc12. The van der Waals surface area contributed by atoms with Gasteiger partial charge in [0.25, 0.3) is 5.91 Å². The van der Waals surface area contributed by atoms with E-state index in [1.165, 1.54) is 11.3 Å². The molecule has 0 radical (unpaired) electrons. The fraction of sp³-hybridized carbons (Fsp3) is 0.368. The monoisotopic (exact) mass is 380 g/mol. The number of hydrogen-bond donors (Lipinski definition) is 0. The van der Waals surface area contributed by atoms with Gasteiger partial charge in [0.05, 0.1) is 10.6 Å². The Balaban J connectivity index is 1.43. The average molecular weight is 380 g/mol. The van der Waals surface area contributed by atoms with Crippen molar-refractivity contribution in [1.29, 1.82) is 0 Å². The van der Waals surface area contributed by atoms with E-state index in [1.54, 1.807) is 0 Å². The lowest BCUT2D eigenvalue weighted by atomic mass is 9.97. The molecule has 1 aliphatic rings. The Labute approximate surface area is 160 Å². The van der Waals surface area contributed by atoms with Crippen molar-refractivity contribution in [2.75, 3.05) is 13.1 Å². The van der Waals surface area contributed by atoms with Crippen molar-refractivity contribution in [1.82, 2.24) is 29.3 Å². The van der Waals surface area contributed by atoms with E-state index in [0.717, 1.165) is 51.6 Å². The molecule has 138 valence electrons. The molecular weight excluding hydrogens is 360 g/mol. The van der Waals surface area contributed by atoms with Crippen molar-refractivity contribution < 1.29 is 4.79 Å². The molecule has 27 heavy (non-hydrogen) atoms. The molecule has 1 atom stereocenters. The first kappa shape index (κ1) is 16.4. The summed E-state index contributed by atoms with van der Waals surface area (Å²) < 4.78 is 3.89. The summed E-state index contributed by atoms with van der Waals surface area (Å²) in [5, 5.41) is 14.2. The van der Waals surface area contributed by atoms with Crippen LogP contribution >= 0.6 is 11.3 Å². The molecule has 5 rings (SSSR count). The summed E-state index contributed by atoms with van der Waals surface area (Å²) in [6.45, 7) is 3.45. The second-order valence-corrected chi connectivity index (χ2v) is 8.15. The minimum atomic E-state index is 0.106. The zero-order valence-corrected chi connectivity index (χ0v) is 16.1. The highest BCUT2D eigenvalue weighted by atomic mass is 32.1. The summed E-state index contributed by atoms with van der Waals surface area (Å²) in [6.07, 6.45) is 3.99. The molecule has 5 heterocycles. The third-order valence-corrected chi connectivity index (χ3v) is 6.51. The molecule has 1 aliphatic heterocycles. The Hall–Kier alpha value is -2.74. The molecule has 4 aromatic rings. The third-order valence-electron chi connectivity index (χ3n) is 5.32. The summed E-state index contributed by atoms with van der Waals surface area (Å²) in [4.78, 5) is 16.9. The summed E-state index contributed by atoms with van der Waals surface area (Å²) in [5.74, 6) is 1.26. The summed E-state index contributed by atoms with van der Waals surface area (Å²) >= 11 is 1.52. The predicted octanol–water partition coefficient (Wildman–Crippen LogP) is 3.01. The summed E-state index contributed by atoms with van der Waals surface area (Å²) in [7, 11) is 1.92.